The van der Waals surface area contributed by atoms with Crippen LogP contribution in [0.5, 0.6) is 23.0 Å². The molecule has 0 aliphatic carbocycles. The van der Waals surface area contributed by atoms with Gasteiger partial charge in [-0.1, -0.05) is 0 Å². The lowest BCUT2D eigenvalue weighted by atomic mass is 9.95. The standard InChI is InChI=1S/C21H20O6/c1-24-17-8-13-7-12(5-6-21(22)23)14-9-19(26-3)20(27-4)11-16(14)15(13)10-18(17)25-2/h5-11H,1-4H3,(H,22,23). The van der Waals surface area contributed by atoms with Gasteiger partial charge in [0.2, 0.25) is 0 Å². The van der Waals surface area contributed by atoms with Crippen molar-refractivity contribution in [3.05, 3.63) is 42.0 Å². The molecule has 0 amide bonds. The summed E-state index contributed by atoms with van der Waals surface area (Å²) in [6, 6.07) is 9.38. The summed E-state index contributed by atoms with van der Waals surface area (Å²) in [5, 5.41) is 12.6. The molecule has 140 valence electrons. The zero-order valence-electron chi connectivity index (χ0n) is 15.5. The zero-order chi connectivity index (χ0) is 19.6. The Labute approximate surface area is 156 Å². The highest BCUT2D eigenvalue weighted by atomic mass is 16.5. The van der Waals surface area contributed by atoms with Crippen LogP contribution in [0.25, 0.3) is 27.6 Å². The molecule has 0 fully saturated rings. The van der Waals surface area contributed by atoms with Crippen molar-refractivity contribution in [2.24, 2.45) is 0 Å². The van der Waals surface area contributed by atoms with Crippen molar-refractivity contribution in [3.8, 4) is 23.0 Å². The smallest absolute Gasteiger partial charge is 0.328 e. The molecule has 27 heavy (non-hydrogen) atoms. The maximum Gasteiger partial charge on any atom is 0.328 e. The van der Waals surface area contributed by atoms with Crippen molar-refractivity contribution in [1.82, 2.24) is 0 Å². The molecule has 0 saturated heterocycles. The molecule has 0 atom stereocenters. The van der Waals surface area contributed by atoms with Gasteiger partial charge < -0.3 is 24.1 Å². The second-order valence-electron chi connectivity index (χ2n) is 5.82. The van der Waals surface area contributed by atoms with Crippen molar-refractivity contribution in [3.63, 3.8) is 0 Å². The van der Waals surface area contributed by atoms with E-state index in [0.29, 0.717) is 23.0 Å². The molecule has 0 bridgehead atoms. The third-order valence-corrected chi connectivity index (χ3v) is 4.40. The second kappa shape index (κ2) is 7.45. The van der Waals surface area contributed by atoms with Gasteiger partial charge in [-0.3, -0.25) is 0 Å². The molecule has 0 saturated carbocycles. The van der Waals surface area contributed by atoms with Gasteiger partial charge in [-0.25, -0.2) is 4.79 Å². The van der Waals surface area contributed by atoms with Crippen molar-refractivity contribution in [1.29, 1.82) is 0 Å². The molecule has 1 N–H and O–H groups in total. The molecule has 6 heteroatoms. The Morgan fingerprint density at radius 1 is 0.741 bits per heavy atom. The number of hydrogen-bond donors (Lipinski definition) is 1. The van der Waals surface area contributed by atoms with E-state index < -0.39 is 5.97 Å². The molecule has 6 nitrogen and oxygen atoms in total. The first kappa shape index (κ1) is 18.4. The number of fused-ring (bicyclic) bond motifs is 3. The molecule has 0 heterocycles. The number of benzene rings is 3. The number of rotatable bonds is 6. The Morgan fingerprint density at radius 3 is 1.74 bits per heavy atom. The topological polar surface area (TPSA) is 74.2 Å². The summed E-state index contributed by atoms with van der Waals surface area (Å²) in [6.45, 7) is 0. The van der Waals surface area contributed by atoms with Crippen LogP contribution in [0, 0.1) is 0 Å². The van der Waals surface area contributed by atoms with Crippen molar-refractivity contribution >= 4 is 33.6 Å². The van der Waals surface area contributed by atoms with Crippen LogP contribution in [0.4, 0.5) is 0 Å². The summed E-state index contributed by atoms with van der Waals surface area (Å²) in [7, 11) is 6.29. The lowest BCUT2D eigenvalue weighted by Gasteiger charge is -2.15. The van der Waals surface area contributed by atoms with Gasteiger partial charge in [-0.05, 0) is 63.5 Å². The Hall–Kier alpha value is -3.41. The van der Waals surface area contributed by atoms with Crippen LogP contribution in [-0.2, 0) is 4.79 Å². The Morgan fingerprint density at radius 2 is 1.22 bits per heavy atom. The Kier molecular flexibility index (Phi) is 5.07. The number of carbonyl (C=O) groups is 1. The highest BCUT2D eigenvalue weighted by Gasteiger charge is 2.14. The van der Waals surface area contributed by atoms with Gasteiger partial charge in [0, 0.05) is 6.08 Å². The van der Waals surface area contributed by atoms with Crippen LogP contribution in [-0.4, -0.2) is 39.5 Å². The minimum Gasteiger partial charge on any atom is -0.493 e. The van der Waals surface area contributed by atoms with Crippen molar-refractivity contribution in [2.45, 2.75) is 0 Å². The normalized spacial score (nSPS) is 11.1. The third-order valence-electron chi connectivity index (χ3n) is 4.40. The van der Waals surface area contributed by atoms with E-state index in [1.807, 2.05) is 30.3 Å². The lowest BCUT2D eigenvalue weighted by molar-refractivity contribution is -0.131. The van der Waals surface area contributed by atoms with E-state index in [1.54, 1.807) is 34.5 Å². The fourth-order valence-electron chi connectivity index (χ4n) is 3.13. The van der Waals surface area contributed by atoms with Crippen LogP contribution in [0.1, 0.15) is 5.56 Å². The fraction of sp³-hybridized carbons (Fsp3) is 0.190. The summed E-state index contributed by atoms with van der Waals surface area (Å²) in [5.74, 6) is 1.33. The summed E-state index contributed by atoms with van der Waals surface area (Å²) in [6.07, 6.45) is 2.67. The first-order valence-electron chi connectivity index (χ1n) is 8.17. The van der Waals surface area contributed by atoms with Gasteiger partial charge in [0.1, 0.15) is 0 Å². The maximum absolute atomic E-state index is 11.0. The maximum atomic E-state index is 11.0. The van der Waals surface area contributed by atoms with Gasteiger partial charge in [-0.2, -0.15) is 0 Å². The average molecular weight is 368 g/mol. The Balaban J connectivity index is 2.46. The van der Waals surface area contributed by atoms with Crippen LogP contribution in [0.2, 0.25) is 0 Å². The van der Waals surface area contributed by atoms with Gasteiger partial charge in [0.25, 0.3) is 0 Å². The van der Waals surface area contributed by atoms with Gasteiger partial charge in [0.15, 0.2) is 23.0 Å². The summed E-state index contributed by atoms with van der Waals surface area (Å²) < 4.78 is 21.7. The minimum atomic E-state index is -1.02. The molecular weight excluding hydrogens is 348 g/mol. The number of carboxylic acid groups (broad SMARTS) is 1. The third kappa shape index (κ3) is 3.33. The molecule has 3 aromatic rings. The predicted molar refractivity (Wildman–Crippen MR) is 104 cm³/mol. The zero-order valence-corrected chi connectivity index (χ0v) is 15.5. The summed E-state index contributed by atoms with van der Waals surface area (Å²) >= 11 is 0. The van der Waals surface area contributed by atoms with Crippen molar-refractivity contribution in [2.75, 3.05) is 28.4 Å². The van der Waals surface area contributed by atoms with Crippen LogP contribution in [0.3, 0.4) is 0 Å². The van der Waals surface area contributed by atoms with E-state index in [2.05, 4.69) is 0 Å². The van der Waals surface area contributed by atoms with Gasteiger partial charge in [0.05, 0.1) is 28.4 Å². The molecular formula is C21H20O6. The number of ether oxygens (including phenoxy) is 4. The van der Waals surface area contributed by atoms with Gasteiger partial charge in [-0.15, -0.1) is 0 Å². The minimum absolute atomic E-state index is 0.565. The molecule has 0 unspecified atom stereocenters. The molecule has 0 spiro atoms. The number of methoxy groups -OCH3 is 4. The van der Waals surface area contributed by atoms with E-state index in [1.165, 1.54) is 0 Å². The van der Waals surface area contributed by atoms with E-state index in [-0.39, 0.29) is 0 Å². The monoisotopic (exact) mass is 368 g/mol. The fourth-order valence-corrected chi connectivity index (χ4v) is 3.13. The van der Waals surface area contributed by atoms with E-state index in [9.17, 15) is 4.79 Å². The molecule has 3 aromatic carbocycles. The first-order valence-corrected chi connectivity index (χ1v) is 8.17. The highest BCUT2D eigenvalue weighted by Crippen LogP contribution is 2.41. The number of carboxylic acids is 1. The summed E-state index contributed by atoms with van der Waals surface area (Å²) in [4.78, 5) is 11.0. The first-order chi connectivity index (χ1) is 13.0. The van der Waals surface area contributed by atoms with Gasteiger partial charge >= 0.3 is 5.97 Å². The predicted octanol–water partition coefficient (Wildman–Crippen LogP) is 4.13. The summed E-state index contributed by atoms with van der Waals surface area (Å²) in [5.41, 5.74) is 0.744. The van der Waals surface area contributed by atoms with Crippen molar-refractivity contribution < 1.29 is 28.8 Å². The molecule has 0 aliphatic heterocycles. The molecule has 3 rings (SSSR count). The second-order valence-corrected chi connectivity index (χ2v) is 5.82. The lowest BCUT2D eigenvalue weighted by Crippen LogP contribution is -1.94. The largest absolute Gasteiger partial charge is 0.493 e. The van der Waals surface area contributed by atoms with E-state index >= 15 is 0 Å². The van der Waals surface area contributed by atoms with E-state index in [0.717, 1.165) is 33.2 Å². The van der Waals surface area contributed by atoms with E-state index in [4.69, 9.17) is 24.1 Å². The van der Waals surface area contributed by atoms with Crippen LogP contribution >= 0.6 is 0 Å². The number of hydrogen-bond acceptors (Lipinski definition) is 5. The number of aliphatic carboxylic acids is 1. The highest BCUT2D eigenvalue weighted by molar-refractivity contribution is 6.13. The quantitative estimate of drug-likeness (QED) is 0.521. The average Bonchev–Trinajstić information content (AvgIpc) is 2.69. The SMILES string of the molecule is COc1cc2cc(C=CC(=O)O)c3cc(OC)c(OC)cc3c2cc1OC. The molecule has 0 aromatic heterocycles. The van der Waals surface area contributed by atoms with Crippen LogP contribution in [0.15, 0.2) is 36.4 Å². The Bertz CT molecular complexity index is 1050. The van der Waals surface area contributed by atoms with Crippen LogP contribution < -0.4 is 18.9 Å². The molecule has 0 aliphatic rings. The molecule has 0 radical (unpaired) electrons.